The summed E-state index contributed by atoms with van der Waals surface area (Å²) in [4.78, 5) is 15.0. The van der Waals surface area contributed by atoms with Crippen LogP contribution >= 0.6 is 0 Å². The molecular weight excluding hydrogens is 440 g/mol. The topological polar surface area (TPSA) is 77.8 Å². The van der Waals surface area contributed by atoms with Crippen LogP contribution in [0.25, 0.3) is 10.9 Å². The summed E-state index contributed by atoms with van der Waals surface area (Å²) in [5.41, 5.74) is 0.917. The number of carbonyl (C=O) groups excluding carboxylic acids is 1. The summed E-state index contributed by atoms with van der Waals surface area (Å²) in [5.74, 6) is 0. The second-order valence-corrected chi connectivity index (χ2v) is 11.1. The third kappa shape index (κ3) is 5.23. The zero-order chi connectivity index (χ0) is 23.6. The van der Waals surface area contributed by atoms with Crippen LogP contribution in [0.3, 0.4) is 0 Å². The van der Waals surface area contributed by atoms with Gasteiger partial charge in [-0.15, -0.1) is 0 Å². The highest BCUT2D eigenvalue weighted by atomic mass is 32.2. The third-order valence-electron chi connectivity index (χ3n) is 5.63. The molecule has 1 amide bonds. The quantitative estimate of drug-likeness (QED) is 0.536. The van der Waals surface area contributed by atoms with Gasteiger partial charge in [0.05, 0.1) is 10.4 Å². The maximum absolute atomic E-state index is 13.1. The molecular formula is C25H30N2O5S. The highest BCUT2D eigenvalue weighted by Gasteiger charge is 2.30. The summed E-state index contributed by atoms with van der Waals surface area (Å²) < 4.78 is 38.6. The first-order chi connectivity index (χ1) is 15.6. The van der Waals surface area contributed by atoms with Crippen LogP contribution in [0.15, 0.2) is 65.7 Å². The summed E-state index contributed by atoms with van der Waals surface area (Å²) in [7, 11) is -3.69. The van der Waals surface area contributed by atoms with E-state index in [1.807, 2.05) is 32.9 Å². The summed E-state index contributed by atoms with van der Waals surface area (Å²) in [6.45, 7) is 7.18. The van der Waals surface area contributed by atoms with Gasteiger partial charge in [-0.2, -0.15) is 0 Å². The van der Waals surface area contributed by atoms with Gasteiger partial charge in [-0.3, -0.25) is 0 Å². The number of hydrogen-bond donors (Lipinski definition) is 0. The van der Waals surface area contributed by atoms with Crippen LogP contribution in [0.4, 0.5) is 4.79 Å². The van der Waals surface area contributed by atoms with Gasteiger partial charge in [0.2, 0.25) is 0 Å². The van der Waals surface area contributed by atoms with E-state index in [1.165, 1.54) is 3.97 Å². The molecule has 0 saturated carbocycles. The maximum atomic E-state index is 13.1. The lowest BCUT2D eigenvalue weighted by Gasteiger charge is -2.35. The highest BCUT2D eigenvalue weighted by Crippen LogP contribution is 2.26. The number of aromatic nitrogens is 1. The molecule has 8 heteroatoms. The van der Waals surface area contributed by atoms with Crippen molar-refractivity contribution < 1.29 is 22.7 Å². The molecule has 0 unspecified atom stereocenters. The Morgan fingerprint density at radius 3 is 2.45 bits per heavy atom. The van der Waals surface area contributed by atoms with E-state index in [-0.39, 0.29) is 17.0 Å². The number of rotatable bonds is 5. The van der Waals surface area contributed by atoms with Gasteiger partial charge < -0.3 is 14.4 Å². The Morgan fingerprint density at radius 1 is 1.09 bits per heavy atom. The first-order valence-corrected chi connectivity index (χ1v) is 12.6. The smallest absolute Gasteiger partial charge is 0.410 e. The van der Waals surface area contributed by atoms with Crippen molar-refractivity contribution in [1.82, 2.24) is 8.87 Å². The van der Waals surface area contributed by atoms with Gasteiger partial charge in [0.25, 0.3) is 10.0 Å². The minimum atomic E-state index is -3.69. The van der Waals surface area contributed by atoms with Crippen molar-refractivity contribution in [2.45, 2.75) is 56.7 Å². The molecule has 1 aliphatic heterocycles. The average Bonchev–Trinajstić information content (AvgIpc) is 3.21. The molecule has 0 spiro atoms. The number of carbonyl (C=O) groups is 1. The first kappa shape index (κ1) is 23.3. The van der Waals surface area contributed by atoms with Crippen molar-refractivity contribution in [3.8, 4) is 0 Å². The summed E-state index contributed by atoms with van der Waals surface area (Å²) in [6.07, 6.45) is 2.74. The van der Waals surface area contributed by atoms with Crippen molar-refractivity contribution in [2.24, 2.45) is 0 Å². The molecule has 0 radical (unpaired) electrons. The van der Waals surface area contributed by atoms with Gasteiger partial charge in [-0.25, -0.2) is 17.2 Å². The van der Waals surface area contributed by atoms with E-state index in [9.17, 15) is 13.2 Å². The zero-order valence-electron chi connectivity index (χ0n) is 19.2. The molecule has 2 aromatic carbocycles. The molecule has 0 atom stereocenters. The fraction of sp³-hybridized carbons (Fsp3) is 0.400. The molecule has 1 aromatic heterocycles. The van der Waals surface area contributed by atoms with E-state index in [4.69, 9.17) is 9.47 Å². The number of nitrogens with zero attached hydrogens (tertiary/aromatic N) is 2. The van der Waals surface area contributed by atoms with Gasteiger partial charge >= 0.3 is 6.09 Å². The monoisotopic (exact) mass is 470 g/mol. The Balaban J connectivity index is 1.63. The minimum Gasteiger partial charge on any atom is -0.444 e. The van der Waals surface area contributed by atoms with Crippen LogP contribution < -0.4 is 0 Å². The molecule has 0 aliphatic carbocycles. The Bertz CT molecular complexity index is 1220. The number of amides is 1. The molecule has 1 fully saturated rings. The van der Waals surface area contributed by atoms with Gasteiger partial charge in [-0.05, 0) is 69.5 Å². The first-order valence-electron chi connectivity index (χ1n) is 11.1. The van der Waals surface area contributed by atoms with Crippen molar-refractivity contribution >= 4 is 27.0 Å². The number of benzene rings is 2. The lowest BCUT2D eigenvalue weighted by molar-refractivity contribution is -0.00807. The van der Waals surface area contributed by atoms with Crippen LogP contribution in [-0.2, 0) is 26.0 Å². The van der Waals surface area contributed by atoms with Crippen molar-refractivity contribution in [1.29, 1.82) is 0 Å². The van der Waals surface area contributed by atoms with Crippen molar-refractivity contribution in [3.63, 3.8) is 0 Å². The number of fused-ring (bicyclic) bond motifs is 1. The van der Waals surface area contributed by atoms with Crippen LogP contribution in [0.1, 0.15) is 39.2 Å². The standard InChI is InChI=1S/C25H30N2O5S/c1-25(2,3)32-24(28)26(21-12-15-31-16-13-21)18-19-9-10-23-20(17-19)11-14-27(23)33(29,30)22-7-5-4-6-8-22/h4-11,14,17,21H,12-13,15-16,18H2,1-3H3. The Labute approximate surface area is 195 Å². The van der Waals surface area contributed by atoms with Crippen LogP contribution in [0.5, 0.6) is 0 Å². The predicted octanol–water partition coefficient (Wildman–Crippen LogP) is 4.79. The fourth-order valence-corrected chi connectivity index (χ4v) is 5.41. The van der Waals surface area contributed by atoms with Crippen molar-refractivity contribution in [2.75, 3.05) is 13.2 Å². The maximum Gasteiger partial charge on any atom is 0.410 e. The van der Waals surface area contributed by atoms with Gasteiger partial charge in [0.1, 0.15) is 5.60 Å². The van der Waals surface area contributed by atoms with Gasteiger partial charge in [0.15, 0.2) is 0 Å². The van der Waals surface area contributed by atoms with E-state index in [0.29, 0.717) is 25.3 Å². The molecule has 1 saturated heterocycles. The normalized spacial score (nSPS) is 15.5. The Hall–Kier alpha value is -2.84. The lowest BCUT2D eigenvalue weighted by Crippen LogP contribution is -2.45. The zero-order valence-corrected chi connectivity index (χ0v) is 20.0. The predicted molar refractivity (Wildman–Crippen MR) is 127 cm³/mol. The van der Waals surface area contributed by atoms with E-state index in [2.05, 4.69) is 0 Å². The molecule has 0 N–H and O–H groups in total. The molecule has 0 bridgehead atoms. The van der Waals surface area contributed by atoms with E-state index in [0.717, 1.165) is 23.8 Å². The average molecular weight is 471 g/mol. The van der Waals surface area contributed by atoms with E-state index < -0.39 is 15.6 Å². The second-order valence-electron chi connectivity index (χ2n) is 9.27. The Kier molecular flexibility index (Phi) is 6.50. The van der Waals surface area contributed by atoms with Crippen LogP contribution in [-0.4, -0.2) is 48.2 Å². The highest BCUT2D eigenvalue weighted by molar-refractivity contribution is 7.90. The largest absolute Gasteiger partial charge is 0.444 e. The van der Waals surface area contributed by atoms with E-state index >= 15 is 0 Å². The second kappa shape index (κ2) is 9.19. The van der Waals surface area contributed by atoms with Crippen LogP contribution in [0, 0.1) is 0 Å². The molecule has 3 aromatic rings. The van der Waals surface area contributed by atoms with Gasteiger partial charge in [0, 0.05) is 37.4 Å². The fourth-order valence-electron chi connectivity index (χ4n) is 4.04. The van der Waals surface area contributed by atoms with Crippen molar-refractivity contribution in [3.05, 3.63) is 66.4 Å². The minimum absolute atomic E-state index is 0.0346. The molecule has 176 valence electrons. The lowest BCUT2D eigenvalue weighted by atomic mass is 10.1. The molecule has 33 heavy (non-hydrogen) atoms. The van der Waals surface area contributed by atoms with E-state index in [1.54, 1.807) is 53.6 Å². The van der Waals surface area contributed by atoms with Gasteiger partial charge in [-0.1, -0.05) is 24.3 Å². The number of ether oxygens (including phenoxy) is 2. The Morgan fingerprint density at radius 2 is 1.79 bits per heavy atom. The SMILES string of the molecule is CC(C)(C)OC(=O)N(Cc1ccc2c(ccn2S(=O)(=O)c2ccccc2)c1)C1CCOCC1. The summed E-state index contributed by atoms with van der Waals surface area (Å²) >= 11 is 0. The summed E-state index contributed by atoms with van der Waals surface area (Å²) in [6, 6.07) is 15.8. The molecule has 1 aliphatic rings. The number of hydrogen-bond acceptors (Lipinski definition) is 5. The molecule has 2 heterocycles. The van der Waals surface area contributed by atoms with Crippen LogP contribution in [0.2, 0.25) is 0 Å². The third-order valence-corrected chi connectivity index (χ3v) is 7.34. The molecule has 7 nitrogen and oxygen atoms in total. The summed E-state index contributed by atoms with van der Waals surface area (Å²) in [5, 5.41) is 0.795. The molecule has 4 rings (SSSR count).